The molecule has 3 unspecified atom stereocenters. The molecule has 1 saturated carbocycles. The molecule has 0 aromatic heterocycles. The van der Waals surface area contributed by atoms with Gasteiger partial charge in [-0.1, -0.05) is 19.3 Å². The van der Waals surface area contributed by atoms with Crippen molar-refractivity contribution in [1.82, 2.24) is 5.32 Å². The molecular weight excluding hydrogens is 270 g/mol. The van der Waals surface area contributed by atoms with Crippen LogP contribution < -0.4 is 10.6 Å². The van der Waals surface area contributed by atoms with Crippen LogP contribution in [0.3, 0.4) is 0 Å². The quantitative estimate of drug-likeness (QED) is 0.878. The van der Waals surface area contributed by atoms with Crippen molar-refractivity contribution < 1.29 is 8.78 Å². The monoisotopic (exact) mass is 294 g/mol. The Bertz CT molecular complexity index is 472. The van der Waals surface area contributed by atoms with Gasteiger partial charge in [0.15, 0.2) is 11.6 Å². The van der Waals surface area contributed by atoms with Crippen molar-refractivity contribution in [3.63, 3.8) is 0 Å². The number of benzene rings is 1. The number of piperidine rings is 1. The molecule has 3 atom stereocenters. The van der Waals surface area contributed by atoms with Crippen LogP contribution in [-0.4, -0.2) is 18.6 Å². The smallest absolute Gasteiger partial charge is 0.160 e. The maximum atomic E-state index is 13.4. The van der Waals surface area contributed by atoms with Crippen LogP contribution in [0.1, 0.15) is 44.9 Å². The molecule has 3 rings (SSSR count). The first-order valence-corrected chi connectivity index (χ1v) is 8.19. The molecule has 1 aliphatic carbocycles. The Morgan fingerprint density at radius 1 is 0.952 bits per heavy atom. The van der Waals surface area contributed by atoms with E-state index in [1.165, 1.54) is 50.7 Å². The van der Waals surface area contributed by atoms with Gasteiger partial charge in [0.2, 0.25) is 0 Å². The molecule has 116 valence electrons. The van der Waals surface area contributed by atoms with E-state index in [0.717, 1.165) is 13.0 Å². The van der Waals surface area contributed by atoms with E-state index < -0.39 is 11.6 Å². The summed E-state index contributed by atoms with van der Waals surface area (Å²) < 4.78 is 26.4. The highest BCUT2D eigenvalue weighted by molar-refractivity contribution is 5.44. The van der Waals surface area contributed by atoms with Crippen molar-refractivity contribution in [3.8, 4) is 0 Å². The fourth-order valence-corrected chi connectivity index (χ4v) is 3.86. The number of rotatable bonds is 3. The molecule has 21 heavy (non-hydrogen) atoms. The van der Waals surface area contributed by atoms with Gasteiger partial charge in [-0.05, 0) is 50.3 Å². The van der Waals surface area contributed by atoms with Gasteiger partial charge in [0, 0.05) is 23.8 Å². The molecule has 1 saturated heterocycles. The first-order valence-electron chi connectivity index (χ1n) is 8.19. The van der Waals surface area contributed by atoms with Gasteiger partial charge in [0.1, 0.15) is 0 Å². The second kappa shape index (κ2) is 6.73. The van der Waals surface area contributed by atoms with Crippen molar-refractivity contribution >= 4 is 5.69 Å². The van der Waals surface area contributed by atoms with Crippen LogP contribution in [0.25, 0.3) is 0 Å². The van der Waals surface area contributed by atoms with Crippen LogP contribution in [-0.2, 0) is 0 Å². The molecule has 1 heterocycles. The molecule has 4 heteroatoms. The maximum absolute atomic E-state index is 13.4. The van der Waals surface area contributed by atoms with Crippen LogP contribution >= 0.6 is 0 Å². The molecule has 1 aliphatic heterocycles. The van der Waals surface area contributed by atoms with Crippen LogP contribution in [0.2, 0.25) is 0 Å². The Morgan fingerprint density at radius 2 is 1.76 bits per heavy atom. The highest BCUT2D eigenvalue weighted by Crippen LogP contribution is 2.32. The predicted molar refractivity (Wildman–Crippen MR) is 81.4 cm³/mol. The van der Waals surface area contributed by atoms with E-state index in [2.05, 4.69) is 10.6 Å². The van der Waals surface area contributed by atoms with E-state index in [9.17, 15) is 8.78 Å². The number of nitrogens with one attached hydrogen (secondary N) is 2. The fourth-order valence-electron chi connectivity index (χ4n) is 3.86. The summed E-state index contributed by atoms with van der Waals surface area (Å²) in [6.07, 6.45) is 8.63. The minimum absolute atomic E-state index is 0.360. The lowest BCUT2D eigenvalue weighted by Gasteiger charge is -2.40. The topological polar surface area (TPSA) is 24.1 Å². The maximum Gasteiger partial charge on any atom is 0.160 e. The van der Waals surface area contributed by atoms with Gasteiger partial charge < -0.3 is 10.6 Å². The lowest BCUT2D eigenvalue weighted by Crippen LogP contribution is -2.48. The molecular formula is C17H24F2N2. The molecule has 2 fully saturated rings. The third-order valence-corrected chi connectivity index (χ3v) is 4.96. The first kappa shape index (κ1) is 14.8. The van der Waals surface area contributed by atoms with Crippen molar-refractivity contribution in [3.05, 3.63) is 29.8 Å². The molecule has 0 bridgehead atoms. The Hall–Kier alpha value is -1.16. The molecule has 2 N–H and O–H groups in total. The zero-order chi connectivity index (χ0) is 14.7. The van der Waals surface area contributed by atoms with Gasteiger partial charge in [-0.15, -0.1) is 0 Å². The summed E-state index contributed by atoms with van der Waals surface area (Å²) in [5, 5.41) is 7.10. The highest BCUT2D eigenvalue weighted by Gasteiger charge is 2.32. The highest BCUT2D eigenvalue weighted by atomic mass is 19.2. The standard InChI is InChI=1S/C17H24F2N2/c18-14-9-8-12(11-15(14)19)21-17-7-2-1-5-13(17)16-6-3-4-10-20-16/h8-9,11,13,16-17,20-21H,1-7,10H2. The third-order valence-electron chi connectivity index (χ3n) is 4.96. The normalized spacial score (nSPS) is 30.1. The molecule has 1 aromatic carbocycles. The second-order valence-electron chi connectivity index (χ2n) is 6.38. The molecule has 0 spiro atoms. The summed E-state index contributed by atoms with van der Waals surface area (Å²) in [5.74, 6) is -0.968. The summed E-state index contributed by atoms with van der Waals surface area (Å²) >= 11 is 0. The second-order valence-corrected chi connectivity index (χ2v) is 6.38. The van der Waals surface area contributed by atoms with Gasteiger partial charge in [0.25, 0.3) is 0 Å². The predicted octanol–water partition coefficient (Wildman–Crippen LogP) is 4.08. The van der Waals surface area contributed by atoms with E-state index in [-0.39, 0.29) is 0 Å². The Balaban J connectivity index is 1.69. The zero-order valence-corrected chi connectivity index (χ0v) is 12.4. The zero-order valence-electron chi connectivity index (χ0n) is 12.4. The average molecular weight is 294 g/mol. The van der Waals surface area contributed by atoms with Crippen molar-refractivity contribution in [2.75, 3.05) is 11.9 Å². The van der Waals surface area contributed by atoms with Crippen molar-refractivity contribution in [1.29, 1.82) is 0 Å². The molecule has 0 radical (unpaired) electrons. The number of hydrogen-bond acceptors (Lipinski definition) is 2. The Kier molecular flexibility index (Phi) is 4.73. The van der Waals surface area contributed by atoms with Crippen LogP contribution in [0.4, 0.5) is 14.5 Å². The van der Waals surface area contributed by atoms with Crippen LogP contribution in [0, 0.1) is 17.6 Å². The number of hydrogen-bond donors (Lipinski definition) is 2. The van der Waals surface area contributed by atoms with Crippen LogP contribution in [0.15, 0.2) is 18.2 Å². The van der Waals surface area contributed by atoms with Gasteiger partial charge in [-0.25, -0.2) is 8.78 Å². The molecule has 2 aliphatic rings. The van der Waals surface area contributed by atoms with Crippen molar-refractivity contribution in [2.24, 2.45) is 5.92 Å². The van der Waals surface area contributed by atoms with E-state index in [0.29, 0.717) is 23.7 Å². The third kappa shape index (κ3) is 3.54. The van der Waals surface area contributed by atoms with Crippen LogP contribution in [0.5, 0.6) is 0 Å². The van der Waals surface area contributed by atoms with E-state index in [4.69, 9.17) is 0 Å². The largest absolute Gasteiger partial charge is 0.382 e. The summed E-state index contributed by atoms with van der Waals surface area (Å²) in [6, 6.07) is 5.04. The van der Waals surface area contributed by atoms with Crippen molar-refractivity contribution in [2.45, 2.75) is 57.0 Å². The number of halogens is 2. The Morgan fingerprint density at radius 3 is 2.52 bits per heavy atom. The first-order chi connectivity index (χ1) is 10.2. The van der Waals surface area contributed by atoms with E-state index >= 15 is 0 Å². The van der Waals surface area contributed by atoms with Gasteiger partial charge in [-0.2, -0.15) is 0 Å². The minimum atomic E-state index is -0.783. The average Bonchev–Trinajstić information content (AvgIpc) is 2.52. The van der Waals surface area contributed by atoms with Gasteiger partial charge >= 0.3 is 0 Å². The lowest BCUT2D eigenvalue weighted by atomic mass is 9.77. The summed E-state index contributed by atoms with van der Waals surface area (Å²) in [7, 11) is 0. The molecule has 0 amide bonds. The SMILES string of the molecule is Fc1ccc(NC2CCCCC2C2CCCCN2)cc1F. The summed E-state index contributed by atoms with van der Waals surface area (Å²) in [5.41, 5.74) is 0.696. The minimum Gasteiger partial charge on any atom is -0.382 e. The fraction of sp³-hybridized carbons (Fsp3) is 0.647. The van der Waals surface area contributed by atoms with E-state index in [1.54, 1.807) is 6.07 Å². The van der Waals surface area contributed by atoms with Gasteiger partial charge in [-0.3, -0.25) is 0 Å². The summed E-state index contributed by atoms with van der Waals surface area (Å²) in [6.45, 7) is 1.11. The molecule has 1 aromatic rings. The van der Waals surface area contributed by atoms with E-state index in [1.807, 2.05) is 0 Å². The molecule has 2 nitrogen and oxygen atoms in total. The lowest BCUT2D eigenvalue weighted by molar-refractivity contribution is 0.217. The van der Waals surface area contributed by atoms with Gasteiger partial charge in [0.05, 0.1) is 0 Å². The summed E-state index contributed by atoms with van der Waals surface area (Å²) in [4.78, 5) is 0. The Labute approximate surface area is 125 Å². The number of anilines is 1.